The molecule has 1 aromatic carbocycles. The Morgan fingerprint density at radius 3 is 2.72 bits per heavy atom. The second-order valence-electron chi connectivity index (χ2n) is 4.03. The summed E-state index contributed by atoms with van der Waals surface area (Å²) in [6.07, 6.45) is 0.214. The highest BCUT2D eigenvalue weighted by molar-refractivity contribution is 6.06. The number of ether oxygens (including phenoxy) is 1. The zero-order chi connectivity index (χ0) is 13.3. The number of imide groups is 1. The molecule has 1 fully saturated rings. The van der Waals surface area contributed by atoms with Crippen LogP contribution in [0.4, 0.5) is 14.9 Å². The number of methoxy groups -OCH3 is 1. The number of rotatable bonds is 2. The number of nitrogens with zero attached hydrogens (tertiary/aromatic N) is 1. The van der Waals surface area contributed by atoms with Gasteiger partial charge in [0, 0.05) is 19.0 Å². The maximum atomic E-state index is 13.4. The van der Waals surface area contributed by atoms with Gasteiger partial charge in [0.05, 0.1) is 12.8 Å². The van der Waals surface area contributed by atoms with Crippen molar-refractivity contribution in [3.63, 3.8) is 0 Å². The summed E-state index contributed by atoms with van der Waals surface area (Å²) in [7, 11) is 1.40. The van der Waals surface area contributed by atoms with Crippen molar-refractivity contribution in [1.82, 2.24) is 5.32 Å². The fraction of sp³-hybridized carbons (Fsp3) is 0.333. The van der Waals surface area contributed by atoms with E-state index in [2.05, 4.69) is 5.32 Å². The number of benzene rings is 1. The Hall–Kier alpha value is -2.11. The molecule has 0 radical (unpaired) electrons. The SMILES string of the molecule is COc1cc(F)c(C)cc1N1CCC(=O)NC1=O. The number of nitrogens with one attached hydrogen (secondary N) is 1. The summed E-state index contributed by atoms with van der Waals surface area (Å²) in [6, 6.07) is 2.24. The van der Waals surface area contributed by atoms with E-state index in [4.69, 9.17) is 4.74 Å². The lowest BCUT2D eigenvalue weighted by Gasteiger charge is -2.28. The Kier molecular flexibility index (Phi) is 3.18. The number of hydrogen-bond acceptors (Lipinski definition) is 3. The molecule has 1 heterocycles. The highest BCUT2D eigenvalue weighted by atomic mass is 19.1. The van der Waals surface area contributed by atoms with Gasteiger partial charge in [0.2, 0.25) is 5.91 Å². The van der Waals surface area contributed by atoms with Gasteiger partial charge >= 0.3 is 6.03 Å². The number of halogens is 1. The Labute approximate surface area is 104 Å². The Morgan fingerprint density at radius 1 is 1.39 bits per heavy atom. The first-order valence-electron chi connectivity index (χ1n) is 5.48. The van der Waals surface area contributed by atoms with E-state index in [1.165, 1.54) is 24.1 Å². The van der Waals surface area contributed by atoms with Gasteiger partial charge in [0.1, 0.15) is 11.6 Å². The van der Waals surface area contributed by atoms with Gasteiger partial charge in [-0.3, -0.25) is 15.0 Å². The fourth-order valence-corrected chi connectivity index (χ4v) is 1.82. The van der Waals surface area contributed by atoms with E-state index < -0.39 is 11.8 Å². The van der Waals surface area contributed by atoms with E-state index in [1.807, 2.05) is 0 Å². The third-order valence-corrected chi connectivity index (χ3v) is 2.80. The monoisotopic (exact) mass is 252 g/mol. The number of urea groups is 1. The summed E-state index contributed by atoms with van der Waals surface area (Å²) in [5.41, 5.74) is 0.872. The molecule has 1 N–H and O–H groups in total. The molecule has 0 saturated carbocycles. The van der Waals surface area contributed by atoms with Crippen LogP contribution in [-0.4, -0.2) is 25.6 Å². The highest BCUT2D eigenvalue weighted by Crippen LogP contribution is 2.31. The minimum Gasteiger partial charge on any atom is -0.494 e. The van der Waals surface area contributed by atoms with E-state index in [-0.39, 0.29) is 24.6 Å². The number of hydrogen-bond donors (Lipinski definition) is 1. The Morgan fingerprint density at radius 2 is 2.11 bits per heavy atom. The number of aryl methyl sites for hydroxylation is 1. The smallest absolute Gasteiger partial charge is 0.328 e. The van der Waals surface area contributed by atoms with Crippen molar-refractivity contribution in [3.05, 3.63) is 23.5 Å². The lowest BCUT2D eigenvalue weighted by atomic mass is 10.1. The van der Waals surface area contributed by atoms with Gasteiger partial charge in [-0.25, -0.2) is 9.18 Å². The summed E-state index contributed by atoms with van der Waals surface area (Å²) in [6.45, 7) is 1.86. The van der Waals surface area contributed by atoms with E-state index in [0.29, 0.717) is 11.3 Å². The summed E-state index contributed by atoms with van der Waals surface area (Å²) in [5, 5.41) is 2.21. The van der Waals surface area contributed by atoms with E-state index in [1.54, 1.807) is 6.92 Å². The molecule has 6 heteroatoms. The van der Waals surface area contributed by atoms with Crippen LogP contribution in [0.1, 0.15) is 12.0 Å². The van der Waals surface area contributed by atoms with Gasteiger partial charge in [-0.2, -0.15) is 0 Å². The molecule has 1 saturated heterocycles. The second kappa shape index (κ2) is 4.64. The second-order valence-corrected chi connectivity index (χ2v) is 4.03. The number of anilines is 1. The quantitative estimate of drug-likeness (QED) is 0.869. The summed E-state index contributed by atoms with van der Waals surface area (Å²) in [4.78, 5) is 24.2. The van der Waals surface area contributed by atoms with Crippen LogP contribution in [0.25, 0.3) is 0 Å². The molecule has 0 spiro atoms. The zero-order valence-electron chi connectivity index (χ0n) is 10.1. The lowest BCUT2D eigenvalue weighted by Crippen LogP contribution is -2.49. The van der Waals surface area contributed by atoms with Crippen LogP contribution < -0.4 is 15.0 Å². The Bertz CT molecular complexity index is 516. The average Bonchev–Trinajstić information content (AvgIpc) is 2.32. The molecule has 0 bridgehead atoms. The van der Waals surface area contributed by atoms with Gasteiger partial charge in [-0.05, 0) is 18.6 Å². The van der Waals surface area contributed by atoms with Crippen molar-refractivity contribution in [2.45, 2.75) is 13.3 Å². The first-order valence-corrected chi connectivity index (χ1v) is 5.48. The van der Waals surface area contributed by atoms with Gasteiger partial charge in [-0.15, -0.1) is 0 Å². The van der Waals surface area contributed by atoms with Crippen LogP contribution in [-0.2, 0) is 4.79 Å². The van der Waals surface area contributed by atoms with E-state index in [0.717, 1.165) is 0 Å². The highest BCUT2D eigenvalue weighted by Gasteiger charge is 2.27. The van der Waals surface area contributed by atoms with Gasteiger partial charge < -0.3 is 4.74 Å². The molecule has 0 unspecified atom stereocenters. The van der Waals surface area contributed by atoms with Crippen LogP contribution in [0.15, 0.2) is 12.1 Å². The van der Waals surface area contributed by atoms with Crippen molar-refractivity contribution in [1.29, 1.82) is 0 Å². The molecule has 18 heavy (non-hydrogen) atoms. The van der Waals surface area contributed by atoms with Crippen molar-refractivity contribution < 1.29 is 18.7 Å². The molecule has 1 aromatic rings. The molecular formula is C12H13FN2O3. The largest absolute Gasteiger partial charge is 0.494 e. The van der Waals surface area contributed by atoms with E-state index in [9.17, 15) is 14.0 Å². The molecular weight excluding hydrogens is 239 g/mol. The van der Waals surface area contributed by atoms with Gasteiger partial charge in [-0.1, -0.05) is 0 Å². The van der Waals surface area contributed by atoms with Crippen molar-refractivity contribution in [3.8, 4) is 5.75 Å². The topological polar surface area (TPSA) is 58.6 Å². The predicted octanol–water partition coefficient (Wildman–Crippen LogP) is 1.59. The molecule has 2 rings (SSSR count). The van der Waals surface area contributed by atoms with Crippen LogP contribution in [0, 0.1) is 12.7 Å². The third kappa shape index (κ3) is 2.13. The molecule has 96 valence electrons. The molecule has 0 aromatic heterocycles. The number of amides is 3. The maximum absolute atomic E-state index is 13.4. The van der Waals surface area contributed by atoms with Crippen LogP contribution in [0.5, 0.6) is 5.75 Å². The number of carbonyl (C=O) groups is 2. The van der Waals surface area contributed by atoms with Crippen LogP contribution in [0.3, 0.4) is 0 Å². The normalized spacial score (nSPS) is 15.6. The average molecular weight is 252 g/mol. The lowest BCUT2D eigenvalue weighted by molar-refractivity contribution is -0.120. The fourth-order valence-electron chi connectivity index (χ4n) is 1.82. The minimum absolute atomic E-state index is 0.214. The summed E-state index contributed by atoms with van der Waals surface area (Å²) < 4.78 is 18.5. The molecule has 3 amide bonds. The molecule has 1 aliphatic heterocycles. The third-order valence-electron chi connectivity index (χ3n) is 2.80. The molecule has 0 atom stereocenters. The molecule has 5 nitrogen and oxygen atoms in total. The van der Waals surface area contributed by atoms with E-state index >= 15 is 0 Å². The van der Waals surface area contributed by atoms with Crippen molar-refractivity contribution in [2.75, 3.05) is 18.6 Å². The van der Waals surface area contributed by atoms with Gasteiger partial charge in [0.25, 0.3) is 0 Å². The minimum atomic E-state index is -0.518. The van der Waals surface area contributed by atoms with Crippen LogP contribution >= 0.6 is 0 Å². The standard InChI is InChI=1S/C12H13FN2O3/c1-7-5-9(10(18-2)6-8(7)13)15-4-3-11(16)14-12(15)17/h5-6H,3-4H2,1-2H3,(H,14,16,17). The van der Waals surface area contributed by atoms with Gasteiger partial charge in [0.15, 0.2) is 0 Å². The van der Waals surface area contributed by atoms with Crippen molar-refractivity contribution in [2.24, 2.45) is 0 Å². The van der Waals surface area contributed by atoms with Crippen molar-refractivity contribution >= 4 is 17.6 Å². The predicted molar refractivity (Wildman–Crippen MR) is 63.2 cm³/mol. The number of carbonyl (C=O) groups excluding carboxylic acids is 2. The summed E-state index contributed by atoms with van der Waals surface area (Å²) >= 11 is 0. The first-order chi connectivity index (χ1) is 8.52. The zero-order valence-corrected chi connectivity index (χ0v) is 10.1. The maximum Gasteiger partial charge on any atom is 0.328 e. The molecule has 1 aliphatic rings. The molecule has 0 aliphatic carbocycles. The first kappa shape index (κ1) is 12.3. The summed E-state index contributed by atoms with van der Waals surface area (Å²) in [5.74, 6) is -0.444. The van der Waals surface area contributed by atoms with Crippen LogP contribution in [0.2, 0.25) is 0 Å². The Balaban J connectivity index is 2.41.